The summed E-state index contributed by atoms with van der Waals surface area (Å²) in [5.74, 6) is 1.84. The van der Waals surface area contributed by atoms with E-state index in [-0.39, 0.29) is 0 Å². The maximum absolute atomic E-state index is 12.5. The molecule has 0 aromatic rings. The summed E-state index contributed by atoms with van der Waals surface area (Å²) in [5.41, 5.74) is 1.26. The SMILES string of the molecule is CCN(C(=O)CN1CC2CNCC2C1)C1=CCCC1. The Balaban J connectivity index is 1.55. The second-order valence-electron chi connectivity index (χ2n) is 6.10. The van der Waals surface area contributed by atoms with Crippen LogP contribution < -0.4 is 5.32 Å². The van der Waals surface area contributed by atoms with Crippen molar-refractivity contribution in [1.82, 2.24) is 15.1 Å². The van der Waals surface area contributed by atoms with E-state index in [0.717, 1.165) is 57.4 Å². The second-order valence-corrected chi connectivity index (χ2v) is 6.10. The van der Waals surface area contributed by atoms with Crippen LogP contribution in [0.2, 0.25) is 0 Å². The Morgan fingerprint density at radius 1 is 1.42 bits per heavy atom. The molecule has 3 rings (SSSR count). The minimum Gasteiger partial charge on any atom is -0.316 e. The van der Waals surface area contributed by atoms with Crippen LogP contribution in [0, 0.1) is 11.8 Å². The van der Waals surface area contributed by atoms with Crippen LogP contribution in [0.5, 0.6) is 0 Å². The molecular weight excluding hydrogens is 238 g/mol. The molecule has 106 valence electrons. The van der Waals surface area contributed by atoms with Crippen molar-refractivity contribution in [3.63, 3.8) is 0 Å². The zero-order valence-corrected chi connectivity index (χ0v) is 11.9. The molecule has 0 spiro atoms. The van der Waals surface area contributed by atoms with E-state index >= 15 is 0 Å². The van der Waals surface area contributed by atoms with E-state index in [1.807, 2.05) is 4.90 Å². The molecule has 2 aliphatic heterocycles. The molecule has 0 saturated carbocycles. The highest BCUT2D eigenvalue weighted by molar-refractivity contribution is 5.80. The van der Waals surface area contributed by atoms with Crippen LogP contribution >= 0.6 is 0 Å². The average Bonchev–Trinajstić information content (AvgIpc) is 3.05. The molecule has 2 fully saturated rings. The van der Waals surface area contributed by atoms with Crippen molar-refractivity contribution in [1.29, 1.82) is 0 Å². The Morgan fingerprint density at radius 3 is 2.74 bits per heavy atom. The van der Waals surface area contributed by atoms with Crippen LogP contribution in [-0.2, 0) is 4.79 Å². The van der Waals surface area contributed by atoms with Gasteiger partial charge in [-0.2, -0.15) is 0 Å². The maximum atomic E-state index is 12.5. The summed E-state index contributed by atoms with van der Waals surface area (Å²) in [5, 5.41) is 3.45. The van der Waals surface area contributed by atoms with Crippen LogP contribution in [0.15, 0.2) is 11.8 Å². The predicted octanol–water partition coefficient (Wildman–Crippen LogP) is 1.05. The molecule has 1 N–H and O–H groups in total. The highest BCUT2D eigenvalue weighted by Crippen LogP contribution is 2.27. The number of nitrogens with one attached hydrogen (secondary N) is 1. The summed E-state index contributed by atoms with van der Waals surface area (Å²) in [6.07, 6.45) is 5.66. The lowest BCUT2D eigenvalue weighted by atomic mass is 10.0. The molecule has 1 aliphatic carbocycles. The summed E-state index contributed by atoms with van der Waals surface area (Å²) in [4.78, 5) is 16.8. The van der Waals surface area contributed by atoms with Crippen molar-refractivity contribution >= 4 is 5.91 Å². The Kier molecular flexibility index (Phi) is 3.89. The molecule has 2 atom stereocenters. The first-order valence-corrected chi connectivity index (χ1v) is 7.70. The highest BCUT2D eigenvalue weighted by atomic mass is 16.2. The number of carbonyl (C=O) groups excluding carboxylic acids is 1. The zero-order valence-electron chi connectivity index (χ0n) is 11.9. The van der Waals surface area contributed by atoms with Crippen LogP contribution in [0.1, 0.15) is 26.2 Å². The van der Waals surface area contributed by atoms with E-state index in [9.17, 15) is 4.79 Å². The summed E-state index contributed by atoms with van der Waals surface area (Å²) < 4.78 is 0. The lowest BCUT2D eigenvalue weighted by Gasteiger charge is -2.25. The number of likely N-dealkylation sites (N-methyl/N-ethyl adjacent to an activating group) is 1. The van der Waals surface area contributed by atoms with Gasteiger partial charge in [0.1, 0.15) is 0 Å². The zero-order chi connectivity index (χ0) is 13.2. The van der Waals surface area contributed by atoms with Crippen LogP contribution in [0.3, 0.4) is 0 Å². The Labute approximate surface area is 115 Å². The second kappa shape index (κ2) is 5.63. The maximum Gasteiger partial charge on any atom is 0.240 e. The summed E-state index contributed by atoms with van der Waals surface area (Å²) in [7, 11) is 0. The number of fused-ring (bicyclic) bond motifs is 1. The Bertz CT molecular complexity index is 368. The first-order chi connectivity index (χ1) is 9.28. The van der Waals surface area contributed by atoms with E-state index in [2.05, 4.69) is 23.2 Å². The van der Waals surface area contributed by atoms with E-state index < -0.39 is 0 Å². The van der Waals surface area contributed by atoms with Gasteiger partial charge in [-0.3, -0.25) is 9.69 Å². The fraction of sp³-hybridized carbons (Fsp3) is 0.800. The van der Waals surface area contributed by atoms with Crippen molar-refractivity contribution < 1.29 is 4.79 Å². The lowest BCUT2D eigenvalue weighted by Crippen LogP contribution is -2.39. The minimum absolute atomic E-state index is 0.295. The van der Waals surface area contributed by atoms with Crippen molar-refractivity contribution in [2.75, 3.05) is 39.3 Å². The van der Waals surface area contributed by atoms with E-state index in [1.54, 1.807) is 0 Å². The Morgan fingerprint density at radius 2 is 2.16 bits per heavy atom. The number of hydrogen-bond acceptors (Lipinski definition) is 3. The number of carbonyl (C=O) groups is 1. The molecule has 4 nitrogen and oxygen atoms in total. The van der Waals surface area contributed by atoms with E-state index in [0.29, 0.717) is 12.5 Å². The Hall–Kier alpha value is -0.870. The van der Waals surface area contributed by atoms with Gasteiger partial charge in [0.15, 0.2) is 0 Å². The van der Waals surface area contributed by atoms with Crippen LogP contribution in [-0.4, -0.2) is 55.0 Å². The third-order valence-corrected chi connectivity index (χ3v) is 4.80. The normalized spacial score (nSPS) is 30.5. The number of amides is 1. The van der Waals surface area contributed by atoms with Crippen LogP contribution in [0.25, 0.3) is 0 Å². The van der Waals surface area contributed by atoms with Gasteiger partial charge >= 0.3 is 0 Å². The first kappa shape index (κ1) is 13.1. The van der Waals surface area contributed by atoms with Gasteiger partial charge in [-0.1, -0.05) is 6.08 Å². The number of allylic oxidation sites excluding steroid dienone is 2. The van der Waals surface area contributed by atoms with Gasteiger partial charge in [0.2, 0.25) is 5.91 Å². The molecule has 2 unspecified atom stereocenters. The summed E-state index contributed by atoms with van der Waals surface area (Å²) in [6.45, 7) is 7.97. The van der Waals surface area contributed by atoms with E-state index in [4.69, 9.17) is 0 Å². The van der Waals surface area contributed by atoms with E-state index in [1.165, 1.54) is 12.1 Å². The molecule has 0 aromatic heterocycles. The fourth-order valence-corrected chi connectivity index (χ4v) is 3.80. The molecule has 0 bridgehead atoms. The molecule has 0 radical (unpaired) electrons. The van der Waals surface area contributed by atoms with Crippen molar-refractivity contribution in [3.8, 4) is 0 Å². The number of rotatable bonds is 4. The van der Waals surface area contributed by atoms with Crippen LogP contribution in [0.4, 0.5) is 0 Å². The third-order valence-electron chi connectivity index (χ3n) is 4.80. The lowest BCUT2D eigenvalue weighted by molar-refractivity contribution is -0.130. The molecule has 2 heterocycles. The smallest absolute Gasteiger partial charge is 0.240 e. The highest BCUT2D eigenvalue weighted by Gasteiger charge is 2.37. The summed E-state index contributed by atoms with van der Waals surface area (Å²) >= 11 is 0. The van der Waals surface area contributed by atoms with Gasteiger partial charge < -0.3 is 10.2 Å². The monoisotopic (exact) mass is 263 g/mol. The number of likely N-dealkylation sites (tertiary alicyclic amines) is 1. The molecule has 19 heavy (non-hydrogen) atoms. The molecular formula is C15H25N3O. The van der Waals surface area contributed by atoms with Gasteiger partial charge in [0, 0.05) is 25.3 Å². The molecule has 0 aromatic carbocycles. The fourth-order valence-electron chi connectivity index (χ4n) is 3.80. The number of nitrogens with zero attached hydrogens (tertiary/aromatic N) is 2. The first-order valence-electron chi connectivity index (χ1n) is 7.70. The molecule has 1 amide bonds. The number of hydrogen-bond donors (Lipinski definition) is 1. The standard InChI is InChI=1S/C15H25N3O/c1-2-18(14-5-3-4-6-14)15(19)11-17-9-12-7-16-8-13(12)10-17/h5,12-13,16H,2-4,6-11H2,1H3. The van der Waals surface area contributed by atoms with Gasteiger partial charge in [-0.05, 0) is 51.1 Å². The van der Waals surface area contributed by atoms with Gasteiger partial charge in [0.05, 0.1) is 6.54 Å². The minimum atomic E-state index is 0.295. The predicted molar refractivity (Wildman–Crippen MR) is 75.6 cm³/mol. The largest absolute Gasteiger partial charge is 0.316 e. The molecule has 4 heteroatoms. The summed E-state index contributed by atoms with van der Waals surface area (Å²) in [6, 6.07) is 0. The van der Waals surface area contributed by atoms with Crippen molar-refractivity contribution in [3.05, 3.63) is 11.8 Å². The quantitative estimate of drug-likeness (QED) is 0.823. The average molecular weight is 263 g/mol. The van der Waals surface area contributed by atoms with Gasteiger partial charge in [0.25, 0.3) is 0 Å². The van der Waals surface area contributed by atoms with Crippen molar-refractivity contribution in [2.45, 2.75) is 26.2 Å². The van der Waals surface area contributed by atoms with Gasteiger partial charge in [-0.25, -0.2) is 0 Å². The molecule has 3 aliphatic rings. The van der Waals surface area contributed by atoms with Crippen molar-refractivity contribution in [2.24, 2.45) is 11.8 Å². The third kappa shape index (κ3) is 2.70. The van der Waals surface area contributed by atoms with Gasteiger partial charge in [-0.15, -0.1) is 0 Å². The topological polar surface area (TPSA) is 35.6 Å². The molecule has 2 saturated heterocycles.